The summed E-state index contributed by atoms with van der Waals surface area (Å²) in [5, 5.41) is 4.78. The molecule has 0 aromatic heterocycles. The van der Waals surface area contributed by atoms with Crippen molar-refractivity contribution >= 4 is 40.9 Å². The standard InChI is InChI=1S/C22H32INO4SSi/c1-4-30(5-2,6-3)28-21(16-23)22(29(24,25)26)19-14-10-11-15-20(19)27-17-18-12-8-7-9-13-18/h7-15,21-22H,4-6,16-17H2,1-3H3,(H2,24,25,26). The van der Waals surface area contributed by atoms with Crippen LogP contribution in [0.15, 0.2) is 54.6 Å². The first kappa shape index (κ1) is 25.3. The van der Waals surface area contributed by atoms with Crippen LogP contribution in [0.4, 0.5) is 0 Å². The third-order valence-corrected chi connectivity index (χ3v) is 12.4. The molecule has 8 heteroatoms. The number of hydrogen-bond acceptors (Lipinski definition) is 4. The lowest BCUT2D eigenvalue weighted by Crippen LogP contribution is -2.45. The molecule has 0 saturated carbocycles. The largest absolute Gasteiger partial charge is 0.489 e. The molecule has 0 amide bonds. The minimum Gasteiger partial charge on any atom is -0.489 e. The van der Waals surface area contributed by atoms with E-state index in [4.69, 9.17) is 14.3 Å². The number of benzene rings is 2. The van der Waals surface area contributed by atoms with Crippen molar-refractivity contribution in [1.82, 2.24) is 0 Å². The van der Waals surface area contributed by atoms with E-state index in [1.54, 1.807) is 12.1 Å². The fourth-order valence-electron chi connectivity index (χ4n) is 3.67. The van der Waals surface area contributed by atoms with Crippen LogP contribution in [0, 0.1) is 0 Å². The Labute approximate surface area is 195 Å². The Morgan fingerprint density at radius 2 is 1.53 bits per heavy atom. The van der Waals surface area contributed by atoms with Crippen molar-refractivity contribution in [3.8, 4) is 5.75 Å². The minimum absolute atomic E-state index is 0.350. The maximum absolute atomic E-state index is 12.8. The van der Waals surface area contributed by atoms with E-state index in [0.29, 0.717) is 22.3 Å². The summed E-state index contributed by atoms with van der Waals surface area (Å²) in [5.41, 5.74) is 1.57. The Morgan fingerprint density at radius 1 is 0.967 bits per heavy atom. The van der Waals surface area contributed by atoms with Gasteiger partial charge < -0.3 is 9.16 Å². The van der Waals surface area contributed by atoms with Crippen LogP contribution in [0.25, 0.3) is 0 Å². The average molecular weight is 562 g/mol. The van der Waals surface area contributed by atoms with Gasteiger partial charge in [-0.1, -0.05) is 91.9 Å². The molecule has 2 atom stereocenters. The van der Waals surface area contributed by atoms with Gasteiger partial charge >= 0.3 is 0 Å². The van der Waals surface area contributed by atoms with Crippen LogP contribution in [-0.4, -0.2) is 27.3 Å². The molecular formula is C22H32INO4SSi. The molecule has 0 radical (unpaired) electrons. The summed E-state index contributed by atoms with van der Waals surface area (Å²) >= 11 is 2.20. The number of para-hydroxylation sites is 1. The van der Waals surface area contributed by atoms with E-state index in [9.17, 15) is 8.42 Å². The van der Waals surface area contributed by atoms with E-state index in [-0.39, 0.29) is 0 Å². The van der Waals surface area contributed by atoms with Gasteiger partial charge in [0.1, 0.15) is 17.6 Å². The van der Waals surface area contributed by atoms with Crippen molar-refractivity contribution in [2.75, 3.05) is 4.43 Å². The molecular weight excluding hydrogens is 529 g/mol. The van der Waals surface area contributed by atoms with Gasteiger partial charge in [0.15, 0.2) is 8.32 Å². The van der Waals surface area contributed by atoms with E-state index in [1.165, 1.54) is 0 Å². The molecule has 2 unspecified atom stereocenters. The third-order valence-electron chi connectivity index (χ3n) is 5.64. The average Bonchev–Trinajstić information content (AvgIpc) is 2.76. The van der Waals surface area contributed by atoms with Crippen molar-refractivity contribution in [3.05, 3.63) is 65.7 Å². The van der Waals surface area contributed by atoms with E-state index in [1.807, 2.05) is 42.5 Å². The molecule has 0 spiro atoms. The van der Waals surface area contributed by atoms with Crippen LogP contribution in [0.5, 0.6) is 5.75 Å². The van der Waals surface area contributed by atoms with Crippen LogP contribution in [0.2, 0.25) is 18.1 Å². The predicted octanol–water partition coefficient (Wildman–Crippen LogP) is 5.42. The Balaban J connectivity index is 2.41. The highest BCUT2D eigenvalue weighted by atomic mass is 127. The van der Waals surface area contributed by atoms with Crippen molar-refractivity contribution in [2.45, 2.75) is 56.9 Å². The summed E-state index contributed by atoms with van der Waals surface area (Å²) < 4.78 is 38.7. The van der Waals surface area contributed by atoms with Gasteiger partial charge in [-0.2, -0.15) is 0 Å². The topological polar surface area (TPSA) is 78.6 Å². The number of alkyl halides is 1. The van der Waals surface area contributed by atoms with E-state index >= 15 is 0 Å². The maximum atomic E-state index is 12.8. The normalized spacial score (nSPS) is 14.3. The zero-order valence-electron chi connectivity index (χ0n) is 17.9. The van der Waals surface area contributed by atoms with E-state index in [0.717, 1.165) is 23.7 Å². The van der Waals surface area contributed by atoms with Gasteiger partial charge in [0.2, 0.25) is 10.0 Å². The summed E-state index contributed by atoms with van der Waals surface area (Å²) in [6.45, 7) is 6.74. The molecule has 2 N–H and O–H groups in total. The predicted molar refractivity (Wildman–Crippen MR) is 134 cm³/mol. The van der Waals surface area contributed by atoms with Gasteiger partial charge in [0, 0.05) is 9.99 Å². The maximum Gasteiger partial charge on any atom is 0.218 e. The summed E-state index contributed by atoms with van der Waals surface area (Å²) in [5.74, 6) is 0.524. The first-order chi connectivity index (χ1) is 14.3. The molecule has 0 fully saturated rings. The molecule has 0 heterocycles. The van der Waals surface area contributed by atoms with Crippen molar-refractivity contribution in [1.29, 1.82) is 0 Å². The number of ether oxygens (including phenoxy) is 1. The molecule has 5 nitrogen and oxygen atoms in total. The lowest BCUT2D eigenvalue weighted by molar-refractivity contribution is 0.203. The van der Waals surface area contributed by atoms with E-state index < -0.39 is 29.7 Å². The highest BCUT2D eigenvalue weighted by molar-refractivity contribution is 14.1. The Kier molecular flexibility index (Phi) is 9.80. The van der Waals surface area contributed by atoms with Gasteiger partial charge in [0.25, 0.3) is 0 Å². The fraction of sp³-hybridized carbons (Fsp3) is 0.455. The lowest BCUT2D eigenvalue weighted by Gasteiger charge is -2.36. The van der Waals surface area contributed by atoms with Crippen LogP contribution >= 0.6 is 22.6 Å². The molecule has 2 aromatic rings. The number of rotatable bonds is 12. The first-order valence-corrected chi connectivity index (χ1v) is 16.0. The first-order valence-electron chi connectivity index (χ1n) is 10.3. The molecule has 0 aliphatic carbocycles. The lowest BCUT2D eigenvalue weighted by atomic mass is 10.1. The SMILES string of the molecule is CC[Si](CC)(CC)OC(CI)C(c1ccccc1OCc1ccccc1)S(N)(=O)=O. The second-order valence-corrected chi connectivity index (χ2v) is 14.7. The Hall–Kier alpha value is -0.943. The second kappa shape index (κ2) is 11.6. The van der Waals surface area contributed by atoms with Crippen molar-refractivity contribution in [3.63, 3.8) is 0 Å². The second-order valence-electron chi connectivity index (χ2n) is 7.38. The van der Waals surface area contributed by atoms with Crippen molar-refractivity contribution < 1.29 is 17.6 Å². The van der Waals surface area contributed by atoms with Gasteiger partial charge in [0.05, 0.1) is 6.10 Å². The Bertz CT molecular complexity index is 883. The molecule has 0 bridgehead atoms. The monoisotopic (exact) mass is 561 g/mol. The van der Waals surface area contributed by atoms with Crippen LogP contribution in [0.3, 0.4) is 0 Å². The summed E-state index contributed by atoms with van der Waals surface area (Å²) in [6, 6.07) is 19.8. The summed E-state index contributed by atoms with van der Waals surface area (Å²) in [6.07, 6.45) is -0.520. The molecule has 30 heavy (non-hydrogen) atoms. The highest BCUT2D eigenvalue weighted by Crippen LogP contribution is 2.37. The zero-order chi connectivity index (χ0) is 22.2. The fourth-order valence-corrected chi connectivity index (χ4v) is 9.12. The van der Waals surface area contributed by atoms with Gasteiger partial charge in [-0.3, -0.25) is 0 Å². The number of halogens is 1. The zero-order valence-corrected chi connectivity index (χ0v) is 21.9. The van der Waals surface area contributed by atoms with Crippen LogP contribution in [0.1, 0.15) is 37.1 Å². The number of nitrogens with two attached hydrogens (primary N) is 1. The number of hydrogen-bond donors (Lipinski definition) is 1. The highest BCUT2D eigenvalue weighted by Gasteiger charge is 2.40. The van der Waals surface area contributed by atoms with Crippen molar-refractivity contribution in [2.24, 2.45) is 5.14 Å². The molecule has 0 aliphatic heterocycles. The summed E-state index contributed by atoms with van der Waals surface area (Å²) in [4.78, 5) is 0. The number of primary sulfonamides is 1. The third kappa shape index (κ3) is 6.53. The molecule has 166 valence electrons. The molecule has 2 rings (SSSR count). The molecule has 2 aromatic carbocycles. The number of sulfonamides is 1. The van der Waals surface area contributed by atoms with Crippen LogP contribution < -0.4 is 9.88 Å². The van der Waals surface area contributed by atoms with Crippen LogP contribution in [-0.2, 0) is 21.1 Å². The molecule has 0 saturated heterocycles. The van der Waals surface area contributed by atoms with Gasteiger partial charge in [-0.15, -0.1) is 0 Å². The van der Waals surface area contributed by atoms with Gasteiger partial charge in [-0.25, -0.2) is 13.6 Å². The smallest absolute Gasteiger partial charge is 0.218 e. The summed E-state index contributed by atoms with van der Waals surface area (Å²) in [7, 11) is -5.95. The molecule has 0 aliphatic rings. The van der Waals surface area contributed by atoms with E-state index in [2.05, 4.69) is 43.4 Å². The minimum atomic E-state index is -3.92. The van der Waals surface area contributed by atoms with Gasteiger partial charge in [-0.05, 0) is 29.8 Å². The quantitative estimate of drug-likeness (QED) is 0.213. The Morgan fingerprint density at radius 3 is 2.07 bits per heavy atom.